The molecule has 0 saturated heterocycles. The molecule has 0 atom stereocenters. The number of nitrogens with one attached hydrogen (secondary N) is 2. The van der Waals surface area contributed by atoms with E-state index in [1.807, 2.05) is 0 Å². The second kappa shape index (κ2) is 10.2. The van der Waals surface area contributed by atoms with Crippen molar-refractivity contribution in [1.82, 2.24) is 10.6 Å². The second-order valence-electron chi connectivity index (χ2n) is 4.54. The Kier molecular flexibility index (Phi) is 9.86. The normalized spacial score (nSPS) is 11.0. The van der Waals surface area contributed by atoms with E-state index >= 15 is 0 Å². The largest absolute Gasteiger partial charge is 0.383 e. The van der Waals surface area contributed by atoms with Gasteiger partial charge in [-0.3, -0.25) is 4.79 Å². The SMILES string of the molecule is COCCNCCNC(=O)c1cc(Br)cc(S(C)(=O)=O)c1F.Cl. The predicted octanol–water partition coefficient (Wildman–Crippen LogP) is 1.38. The molecule has 2 N–H and O–H groups in total. The molecule has 23 heavy (non-hydrogen) atoms. The van der Waals surface area contributed by atoms with Crippen molar-refractivity contribution < 1.29 is 22.3 Å². The molecule has 0 aliphatic heterocycles. The van der Waals surface area contributed by atoms with Crippen LogP contribution in [-0.2, 0) is 14.6 Å². The second-order valence-corrected chi connectivity index (χ2v) is 7.44. The van der Waals surface area contributed by atoms with Crippen molar-refractivity contribution in [3.8, 4) is 0 Å². The molecule has 1 amide bonds. The minimum absolute atomic E-state index is 0. The molecule has 132 valence electrons. The van der Waals surface area contributed by atoms with Gasteiger partial charge in [0.05, 0.1) is 12.2 Å². The molecular formula is C13H19BrClFN2O4S. The molecular weight excluding hydrogens is 415 g/mol. The number of hydrogen-bond acceptors (Lipinski definition) is 5. The number of methoxy groups -OCH3 is 1. The van der Waals surface area contributed by atoms with Gasteiger partial charge in [0.1, 0.15) is 4.90 Å². The van der Waals surface area contributed by atoms with Gasteiger partial charge in [-0.1, -0.05) is 15.9 Å². The summed E-state index contributed by atoms with van der Waals surface area (Å²) in [6, 6.07) is 2.38. The summed E-state index contributed by atoms with van der Waals surface area (Å²) in [6.07, 6.45) is 0.888. The fraction of sp³-hybridized carbons (Fsp3) is 0.462. The zero-order chi connectivity index (χ0) is 16.8. The summed E-state index contributed by atoms with van der Waals surface area (Å²) >= 11 is 3.08. The van der Waals surface area contributed by atoms with Gasteiger partial charge in [-0.15, -0.1) is 12.4 Å². The summed E-state index contributed by atoms with van der Waals surface area (Å²) in [6.45, 7) is 1.95. The summed E-state index contributed by atoms with van der Waals surface area (Å²) in [5.74, 6) is -1.72. The van der Waals surface area contributed by atoms with Crippen molar-refractivity contribution >= 4 is 44.1 Å². The fourth-order valence-electron chi connectivity index (χ4n) is 1.66. The first-order valence-electron chi connectivity index (χ1n) is 6.44. The highest BCUT2D eigenvalue weighted by atomic mass is 79.9. The Bertz CT molecular complexity index is 643. The molecule has 6 nitrogen and oxygen atoms in total. The molecule has 10 heteroatoms. The van der Waals surface area contributed by atoms with Crippen LogP contribution in [0.4, 0.5) is 4.39 Å². The van der Waals surface area contributed by atoms with E-state index in [1.54, 1.807) is 7.11 Å². The van der Waals surface area contributed by atoms with E-state index in [9.17, 15) is 17.6 Å². The van der Waals surface area contributed by atoms with Gasteiger partial charge >= 0.3 is 0 Å². The molecule has 1 aromatic rings. The number of amides is 1. The Morgan fingerprint density at radius 2 is 1.96 bits per heavy atom. The van der Waals surface area contributed by atoms with E-state index in [1.165, 1.54) is 6.07 Å². The molecule has 1 rings (SSSR count). The molecule has 0 spiro atoms. The van der Waals surface area contributed by atoms with Crippen LogP contribution in [0.3, 0.4) is 0 Å². The maximum absolute atomic E-state index is 14.2. The molecule has 0 aromatic heterocycles. The van der Waals surface area contributed by atoms with Crippen molar-refractivity contribution in [2.75, 3.05) is 39.6 Å². The lowest BCUT2D eigenvalue weighted by Gasteiger charge is -2.10. The number of sulfone groups is 1. The number of rotatable bonds is 8. The first kappa shape index (κ1) is 22.3. The minimum Gasteiger partial charge on any atom is -0.383 e. The molecule has 0 unspecified atom stereocenters. The summed E-state index contributed by atoms with van der Waals surface area (Å²) < 4.78 is 42.4. The Morgan fingerprint density at radius 1 is 1.30 bits per heavy atom. The van der Waals surface area contributed by atoms with Crippen LogP contribution in [0, 0.1) is 5.82 Å². The van der Waals surface area contributed by atoms with E-state index in [4.69, 9.17) is 4.74 Å². The summed E-state index contributed by atoms with van der Waals surface area (Å²) in [5, 5.41) is 5.54. The first-order chi connectivity index (χ1) is 10.3. The van der Waals surface area contributed by atoms with Gasteiger partial charge in [0.15, 0.2) is 15.7 Å². The molecule has 0 heterocycles. The molecule has 0 saturated carbocycles. The lowest BCUT2D eigenvalue weighted by atomic mass is 10.2. The third-order valence-corrected chi connectivity index (χ3v) is 4.27. The van der Waals surface area contributed by atoms with Gasteiger partial charge in [-0.25, -0.2) is 12.8 Å². The highest BCUT2D eigenvalue weighted by Crippen LogP contribution is 2.24. The zero-order valence-electron chi connectivity index (χ0n) is 12.7. The van der Waals surface area contributed by atoms with E-state index in [0.29, 0.717) is 24.2 Å². The maximum Gasteiger partial charge on any atom is 0.254 e. The molecule has 0 fully saturated rings. The highest BCUT2D eigenvalue weighted by molar-refractivity contribution is 9.10. The van der Waals surface area contributed by atoms with Crippen LogP contribution in [-0.4, -0.2) is 53.9 Å². The Balaban J connectivity index is 0.00000484. The average molecular weight is 434 g/mol. The number of benzene rings is 1. The van der Waals surface area contributed by atoms with Crippen LogP contribution in [0.5, 0.6) is 0 Å². The quantitative estimate of drug-likeness (QED) is 0.605. The molecule has 0 aliphatic rings. The van der Waals surface area contributed by atoms with Gasteiger partial charge in [-0.05, 0) is 12.1 Å². The Labute approximate surface area is 149 Å². The molecule has 1 aromatic carbocycles. The highest BCUT2D eigenvalue weighted by Gasteiger charge is 2.21. The third kappa shape index (κ3) is 7.13. The van der Waals surface area contributed by atoms with Crippen LogP contribution >= 0.6 is 28.3 Å². The van der Waals surface area contributed by atoms with Gasteiger partial charge < -0.3 is 15.4 Å². The monoisotopic (exact) mass is 432 g/mol. The van der Waals surface area contributed by atoms with Gasteiger partial charge in [-0.2, -0.15) is 0 Å². The van der Waals surface area contributed by atoms with Crippen molar-refractivity contribution in [3.05, 3.63) is 28.0 Å². The van der Waals surface area contributed by atoms with Crippen molar-refractivity contribution in [3.63, 3.8) is 0 Å². The standard InChI is InChI=1S/C13H18BrFN2O4S.ClH/c1-21-6-5-16-3-4-17-13(18)10-7-9(14)8-11(12(10)15)22(2,19)20;/h7-8,16H,3-6H2,1-2H3,(H,17,18);1H. The van der Waals surface area contributed by atoms with E-state index in [-0.39, 0.29) is 24.5 Å². The smallest absolute Gasteiger partial charge is 0.254 e. The van der Waals surface area contributed by atoms with Crippen LogP contribution in [0.1, 0.15) is 10.4 Å². The van der Waals surface area contributed by atoms with E-state index in [2.05, 4.69) is 26.6 Å². The van der Waals surface area contributed by atoms with Crippen LogP contribution in [0.2, 0.25) is 0 Å². The first-order valence-corrected chi connectivity index (χ1v) is 9.12. The predicted molar refractivity (Wildman–Crippen MR) is 91.5 cm³/mol. The fourth-order valence-corrected chi connectivity index (χ4v) is 3.04. The van der Waals surface area contributed by atoms with Crippen LogP contribution < -0.4 is 10.6 Å². The number of carbonyl (C=O) groups is 1. The maximum atomic E-state index is 14.2. The number of hydrogen-bond donors (Lipinski definition) is 2. The van der Waals surface area contributed by atoms with Crippen LogP contribution in [0.15, 0.2) is 21.5 Å². The van der Waals surface area contributed by atoms with E-state index < -0.39 is 26.5 Å². The Morgan fingerprint density at radius 3 is 2.52 bits per heavy atom. The number of carbonyl (C=O) groups excluding carboxylic acids is 1. The summed E-state index contributed by atoms with van der Waals surface area (Å²) in [5.41, 5.74) is -0.313. The molecule has 0 bridgehead atoms. The van der Waals surface area contributed by atoms with Gasteiger partial charge in [0, 0.05) is 37.5 Å². The molecule has 0 radical (unpaired) electrons. The number of ether oxygens (including phenoxy) is 1. The van der Waals surface area contributed by atoms with Gasteiger partial charge in [0.25, 0.3) is 5.91 Å². The minimum atomic E-state index is -3.76. The summed E-state index contributed by atoms with van der Waals surface area (Å²) in [4.78, 5) is 11.5. The lowest BCUT2D eigenvalue weighted by molar-refractivity contribution is 0.0949. The third-order valence-electron chi connectivity index (χ3n) is 2.72. The lowest BCUT2D eigenvalue weighted by Crippen LogP contribution is -2.33. The van der Waals surface area contributed by atoms with Crippen molar-refractivity contribution in [1.29, 1.82) is 0 Å². The average Bonchev–Trinajstić information content (AvgIpc) is 2.43. The van der Waals surface area contributed by atoms with E-state index in [0.717, 1.165) is 12.3 Å². The van der Waals surface area contributed by atoms with Crippen molar-refractivity contribution in [2.24, 2.45) is 0 Å². The van der Waals surface area contributed by atoms with Gasteiger partial charge in [0.2, 0.25) is 0 Å². The topological polar surface area (TPSA) is 84.5 Å². The zero-order valence-corrected chi connectivity index (χ0v) is 15.9. The number of halogens is 3. The van der Waals surface area contributed by atoms with Crippen LogP contribution in [0.25, 0.3) is 0 Å². The molecule has 0 aliphatic carbocycles. The Hall–Kier alpha value is -0.740. The van der Waals surface area contributed by atoms with Crippen molar-refractivity contribution in [2.45, 2.75) is 4.90 Å². The summed E-state index contributed by atoms with van der Waals surface area (Å²) in [7, 11) is -2.18.